The molecule has 168 valence electrons. The number of nitrogens with zero attached hydrogens (tertiary/aromatic N) is 2. The van der Waals surface area contributed by atoms with Gasteiger partial charge in [0.05, 0.1) is 16.9 Å². The molecule has 0 aromatic heterocycles. The van der Waals surface area contributed by atoms with Crippen molar-refractivity contribution < 1.29 is 26.1 Å². The molecule has 0 aliphatic rings. The van der Waals surface area contributed by atoms with E-state index in [2.05, 4.69) is 15.5 Å². The third kappa shape index (κ3) is 5.02. The van der Waals surface area contributed by atoms with Crippen LogP contribution in [0.1, 0.15) is 5.56 Å². The summed E-state index contributed by atoms with van der Waals surface area (Å²) in [6.07, 6.45) is -4.52. The molecule has 0 bridgehead atoms. The molecule has 0 aliphatic carbocycles. The molecule has 0 amide bonds. The van der Waals surface area contributed by atoms with Gasteiger partial charge in [0, 0.05) is 22.1 Å². The molecule has 0 saturated carbocycles. The predicted molar refractivity (Wildman–Crippen MR) is 119 cm³/mol. The second-order valence-electron chi connectivity index (χ2n) is 7.03. The highest BCUT2D eigenvalue weighted by Crippen LogP contribution is 2.38. The molecule has 2 N–H and O–H groups in total. The zero-order valence-electron chi connectivity index (χ0n) is 16.8. The Labute approximate surface area is 187 Å². The third-order valence-electron chi connectivity index (χ3n) is 4.76. The lowest BCUT2D eigenvalue weighted by atomic mass is 10.1. The first kappa shape index (κ1) is 22.4. The van der Waals surface area contributed by atoms with Crippen LogP contribution in [0.5, 0.6) is 0 Å². The summed E-state index contributed by atoms with van der Waals surface area (Å²) >= 11 is 0. The van der Waals surface area contributed by atoms with E-state index >= 15 is 0 Å². The Morgan fingerprint density at radius 2 is 1.55 bits per heavy atom. The molecule has 0 unspecified atom stereocenters. The van der Waals surface area contributed by atoms with Crippen molar-refractivity contribution in [3.05, 3.63) is 90.5 Å². The summed E-state index contributed by atoms with van der Waals surface area (Å²) in [4.78, 5) is -0.338. The molecule has 6 nitrogen and oxygen atoms in total. The summed E-state index contributed by atoms with van der Waals surface area (Å²) in [6, 6.07) is 20.7. The van der Waals surface area contributed by atoms with E-state index in [-0.39, 0.29) is 21.7 Å². The number of anilines is 2. The summed E-state index contributed by atoms with van der Waals surface area (Å²) in [7, 11) is -4.59. The molecule has 0 aliphatic heterocycles. The number of fused-ring (bicyclic) bond motifs is 1. The van der Waals surface area contributed by atoms with E-state index in [1.807, 2.05) is 6.07 Å². The Morgan fingerprint density at radius 1 is 0.818 bits per heavy atom. The second-order valence-corrected chi connectivity index (χ2v) is 8.42. The van der Waals surface area contributed by atoms with Crippen molar-refractivity contribution in [2.45, 2.75) is 11.1 Å². The lowest BCUT2D eigenvalue weighted by Crippen LogP contribution is -2.03. The van der Waals surface area contributed by atoms with Crippen LogP contribution in [0.2, 0.25) is 0 Å². The monoisotopic (exact) mass is 471 g/mol. The SMILES string of the molecule is O=S(=O)(O)c1cccc2c(N=Nc3cccc(C(F)(F)F)c3)ccc(Nc3ccccc3)c12. The first-order valence-electron chi connectivity index (χ1n) is 9.57. The van der Waals surface area contributed by atoms with Gasteiger partial charge in [0.25, 0.3) is 10.1 Å². The van der Waals surface area contributed by atoms with E-state index in [9.17, 15) is 26.1 Å². The first-order valence-corrected chi connectivity index (χ1v) is 11.0. The molecular formula is C23H16F3N3O3S. The Bertz CT molecular complexity index is 1450. The van der Waals surface area contributed by atoms with Gasteiger partial charge in [-0.3, -0.25) is 4.55 Å². The van der Waals surface area contributed by atoms with Crippen LogP contribution in [-0.4, -0.2) is 13.0 Å². The van der Waals surface area contributed by atoms with Gasteiger partial charge in [-0.2, -0.15) is 26.7 Å². The van der Waals surface area contributed by atoms with Crippen LogP contribution in [0, 0.1) is 0 Å². The van der Waals surface area contributed by atoms with E-state index < -0.39 is 21.9 Å². The first-order chi connectivity index (χ1) is 15.6. The van der Waals surface area contributed by atoms with Gasteiger partial charge >= 0.3 is 6.18 Å². The van der Waals surface area contributed by atoms with E-state index in [0.29, 0.717) is 16.8 Å². The Balaban J connectivity index is 1.84. The summed E-state index contributed by atoms with van der Waals surface area (Å²) in [6.45, 7) is 0. The maximum absolute atomic E-state index is 13.0. The number of benzene rings is 4. The van der Waals surface area contributed by atoms with Gasteiger partial charge < -0.3 is 5.32 Å². The molecular weight excluding hydrogens is 455 g/mol. The van der Waals surface area contributed by atoms with Crippen LogP contribution in [0.4, 0.5) is 35.9 Å². The average Bonchev–Trinajstić information content (AvgIpc) is 2.78. The number of halogens is 3. The third-order valence-corrected chi connectivity index (χ3v) is 5.65. The van der Waals surface area contributed by atoms with E-state index in [1.54, 1.807) is 42.5 Å². The quantitative estimate of drug-likeness (QED) is 0.237. The second kappa shape index (κ2) is 8.64. The highest BCUT2D eigenvalue weighted by Gasteiger charge is 2.30. The van der Waals surface area contributed by atoms with Gasteiger partial charge in [0.2, 0.25) is 0 Å². The number of rotatable bonds is 5. The minimum Gasteiger partial charge on any atom is -0.355 e. The molecule has 33 heavy (non-hydrogen) atoms. The van der Waals surface area contributed by atoms with E-state index in [4.69, 9.17) is 0 Å². The zero-order valence-corrected chi connectivity index (χ0v) is 17.6. The van der Waals surface area contributed by atoms with Crippen LogP contribution in [0.15, 0.2) is 100 Å². The van der Waals surface area contributed by atoms with Crippen molar-refractivity contribution in [2.75, 3.05) is 5.32 Å². The van der Waals surface area contributed by atoms with Crippen molar-refractivity contribution in [1.29, 1.82) is 0 Å². The summed E-state index contributed by atoms with van der Waals surface area (Å²) in [5, 5.41) is 11.6. The maximum Gasteiger partial charge on any atom is 0.416 e. The molecule has 0 saturated heterocycles. The van der Waals surface area contributed by atoms with Crippen LogP contribution in [0.3, 0.4) is 0 Å². The highest BCUT2D eigenvalue weighted by atomic mass is 32.2. The average molecular weight is 471 g/mol. The van der Waals surface area contributed by atoms with Crippen LogP contribution in [0.25, 0.3) is 10.8 Å². The molecule has 0 fully saturated rings. The minimum atomic E-state index is -4.59. The lowest BCUT2D eigenvalue weighted by Gasteiger charge is -2.14. The molecule has 4 aromatic carbocycles. The summed E-state index contributed by atoms with van der Waals surface area (Å²) < 4.78 is 72.7. The molecule has 10 heteroatoms. The predicted octanol–water partition coefficient (Wildman–Crippen LogP) is 7.26. The smallest absolute Gasteiger partial charge is 0.355 e. The number of nitrogens with one attached hydrogen (secondary N) is 1. The van der Waals surface area contributed by atoms with Gasteiger partial charge in [0.15, 0.2) is 0 Å². The fourth-order valence-electron chi connectivity index (χ4n) is 3.30. The fraction of sp³-hybridized carbons (Fsp3) is 0.0435. The number of azo groups is 1. The van der Waals surface area contributed by atoms with Gasteiger partial charge in [0.1, 0.15) is 4.90 Å². The van der Waals surface area contributed by atoms with Gasteiger partial charge in [-0.05, 0) is 48.5 Å². The van der Waals surface area contributed by atoms with Crippen molar-refractivity contribution >= 4 is 43.6 Å². The van der Waals surface area contributed by atoms with Crippen LogP contribution >= 0.6 is 0 Å². The fourth-order valence-corrected chi connectivity index (χ4v) is 4.03. The van der Waals surface area contributed by atoms with Crippen molar-refractivity contribution in [1.82, 2.24) is 0 Å². The number of alkyl halides is 3. The molecule has 4 aromatic rings. The number of hydrogen-bond donors (Lipinski definition) is 2. The normalized spacial score (nSPS) is 12.4. The zero-order chi connectivity index (χ0) is 23.6. The van der Waals surface area contributed by atoms with Gasteiger partial charge in [-0.25, -0.2) is 0 Å². The summed E-state index contributed by atoms with van der Waals surface area (Å²) in [5.74, 6) is 0. The largest absolute Gasteiger partial charge is 0.416 e. The molecule has 4 rings (SSSR count). The molecule has 0 spiro atoms. The maximum atomic E-state index is 13.0. The summed E-state index contributed by atoms with van der Waals surface area (Å²) in [5.41, 5.74) is 0.409. The van der Waals surface area contributed by atoms with E-state index in [1.165, 1.54) is 24.3 Å². The van der Waals surface area contributed by atoms with E-state index in [0.717, 1.165) is 12.1 Å². The Kier molecular flexibility index (Phi) is 5.88. The number of hydrogen-bond acceptors (Lipinski definition) is 5. The molecule has 0 radical (unpaired) electrons. The van der Waals surface area contributed by atoms with Crippen molar-refractivity contribution in [3.8, 4) is 0 Å². The van der Waals surface area contributed by atoms with Gasteiger partial charge in [-0.15, -0.1) is 5.11 Å². The van der Waals surface area contributed by atoms with Crippen molar-refractivity contribution in [3.63, 3.8) is 0 Å². The van der Waals surface area contributed by atoms with Crippen LogP contribution in [-0.2, 0) is 16.3 Å². The Hall–Kier alpha value is -3.76. The highest BCUT2D eigenvalue weighted by molar-refractivity contribution is 7.86. The standard InChI is InChI=1S/C23H16F3N3O3S/c24-23(25,26)15-6-4-9-17(14-15)28-29-19-12-13-20(27-16-7-2-1-3-8-16)22-18(19)10-5-11-21(22)33(30,31)32/h1-14,27H,(H,30,31,32). The Morgan fingerprint density at radius 3 is 2.24 bits per heavy atom. The lowest BCUT2D eigenvalue weighted by molar-refractivity contribution is -0.137. The number of para-hydroxylation sites is 1. The van der Waals surface area contributed by atoms with Crippen LogP contribution < -0.4 is 5.32 Å². The van der Waals surface area contributed by atoms with Gasteiger partial charge in [-0.1, -0.05) is 36.4 Å². The molecule has 0 heterocycles. The van der Waals surface area contributed by atoms with Crippen molar-refractivity contribution in [2.24, 2.45) is 10.2 Å². The minimum absolute atomic E-state index is 0.0182. The topological polar surface area (TPSA) is 91.1 Å². The molecule has 0 atom stereocenters.